The Morgan fingerprint density at radius 1 is 0.765 bits per heavy atom. The van der Waals surface area contributed by atoms with Crippen LogP contribution in [-0.2, 0) is 0 Å². The molecule has 0 amide bonds. The second-order valence-electron chi connectivity index (χ2n) is 3.89. The van der Waals surface area contributed by atoms with E-state index in [1.165, 1.54) is 0 Å². The van der Waals surface area contributed by atoms with E-state index in [9.17, 15) is 5.11 Å². The number of benzene rings is 2. The van der Waals surface area contributed by atoms with Gasteiger partial charge in [0.25, 0.3) is 0 Å². The van der Waals surface area contributed by atoms with E-state index < -0.39 is 0 Å². The van der Waals surface area contributed by atoms with Gasteiger partial charge in [-0.3, -0.25) is 4.98 Å². The molecule has 1 aromatic heterocycles. The van der Waals surface area contributed by atoms with Gasteiger partial charge >= 0.3 is 0 Å². The zero-order valence-electron chi connectivity index (χ0n) is 9.17. The molecule has 3 aromatic rings. The molecular formula is C15H11NO. The van der Waals surface area contributed by atoms with Crippen LogP contribution in [0.4, 0.5) is 0 Å². The predicted octanol–water partition coefficient (Wildman–Crippen LogP) is 3.61. The first-order chi connectivity index (χ1) is 8.36. The number of hydrogen-bond donors (Lipinski definition) is 1. The van der Waals surface area contributed by atoms with E-state index in [0.717, 1.165) is 22.0 Å². The second-order valence-corrected chi connectivity index (χ2v) is 3.89. The monoisotopic (exact) mass is 221 g/mol. The van der Waals surface area contributed by atoms with E-state index in [4.69, 9.17) is 0 Å². The van der Waals surface area contributed by atoms with E-state index in [1.54, 1.807) is 12.3 Å². The van der Waals surface area contributed by atoms with Gasteiger partial charge in [-0.05, 0) is 23.8 Å². The number of para-hydroxylation sites is 1. The lowest BCUT2D eigenvalue weighted by molar-refractivity contribution is 0.477. The number of rotatable bonds is 1. The van der Waals surface area contributed by atoms with Crippen molar-refractivity contribution in [2.75, 3.05) is 0 Å². The van der Waals surface area contributed by atoms with Crippen molar-refractivity contribution in [3.05, 3.63) is 60.8 Å². The van der Waals surface area contributed by atoms with Crippen molar-refractivity contribution in [2.45, 2.75) is 0 Å². The summed E-state index contributed by atoms with van der Waals surface area (Å²) in [7, 11) is 0. The summed E-state index contributed by atoms with van der Waals surface area (Å²) in [4.78, 5) is 4.32. The van der Waals surface area contributed by atoms with Crippen LogP contribution in [0.25, 0.3) is 22.0 Å². The van der Waals surface area contributed by atoms with Crippen LogP contribution in [0.3, 0.4) is 0 Å². The minimum Gasteiger partial charge on any atom is -0.507 e. The molecule has 17 heavy (non-hydrogen) atoms. The Kier molecular flexibility index (Phi) is 2.26. The fraction of sp³-hybridized carbons (Fsp3) is 0. The third kappa shape index (κ3) is 1.64. The summed E-state index contributed by atoms with van der Waals surface area (Å²) in [6, 6.07) is 17.2. The number of nitrogens with zero attached hydrogens (tertiary/aromatic N) is 1. The fourth-order valence-corrected chi connectivity index (χ4v) is 2.04. The fourth-order valence-electron chi connectivity index (χ4n) is 2.04. The minimum atomic E-state index is 0.295. The van der Waals surface area contributed by atoms with Gasteiger partial charge in [-0.15, -0.1) is 0 Å². The third-order valence-corrected chi connectivity index (χ3v) is 2.84. The molecule has 0 fully saturated rings. The van der Waals surface area contributed by atoms with Gasteiger partial charge in [0.05, 0.1) is 5.52 Å². The van der Waals surface area contributed by atoms with Crippen LogP contribution in [-0.4, -0.2) is 10.1 Å². The van der Waals surface area contributed by atoms with Crippen molar-refractivity contribution < 1.29 is 5.11 Å². The maximum absolute atomic E-state index is 9.90. The van der Waals surface area contributed by atoms with Crippen LogP contribution in [0, 0.1) is 0 Å². The van der Waals surface area contributed by atoms with Crippen LogP contribution in [0.1, 0.15) is 0 Å². The summed E-state index contributed by atoms with van der Waals surface area (Å²) in [5, 5.41) is 11.0. The highest BCUT2D eigenvalue weighted by molar-refractivity contribution is 5.95. The Morgan fingerprint density at radius 3 is 2.47 bits per heavy atom. The molecule has 2 aromatic carbocycles. The number of phenolic OH excluding ortho intramolecular Hbond substituents is 1. The smallest absolute Gasteiger partial charge is 0.123 e. The highest BCUT2D eigenvalue weighted by atomic mass is 16.3. The normalized spacial score (nSPS) is 10.6. The van der Waals surface area contributed by atoms with E-state index in [2.05, 4.69) is 4.98 Å². The number of fused-ring (bicyclic) bond motifs is 1. The van der Waals surface area contributed by atoms with Crippen LogP contribution in [0.5, 0.6) is 5.75 Å². The molecule has 3 rings (SSSR count). The second kappa shape index (κ2) is 3.91. The molecule has 1 heterocycles. The molecule has 1 N–H and O–H groups in total. The van der Waals surface area contributed by atoms with E-state index in [-0.39, 0.29) is 0 Å². The summed E-state index contributed by atoms with van der Waals surface area (Å²) < 4.78 is 0. The molecule has 0 aliphatic heterocycles. The number of pyridine rings is 1. The van der Waals surface area contributed by atoms with Crippen molar-refractivity contribution >= 4 is 10.9 Å². The van der Waals surface area contributed by atoms with Crippen molar-refractivity contribution in [2.24, 2.45) is 0 Å². The molecule has 0 saturated heterocycles. The van der Waals surface area contributed by atoms with Crippen LogP contribution >= 0.6 is 0 Å². The molecule has 0 atom stereocenters. The molecule has 0 aliphatic carbocycles. The Morgan fingerprint density at radius 2 is 1.59 bits per heavy atom. The Bertz CT molecular complexity index is 671. The van der Waals surface area contributed by atoms with Gasteiger partial charge in [0.1, 0.15) is 5.75 Å². The number of hydrogen-bond acceptors (Lipinski definition) is 2. The van der Waals surface area contributed by atoms with Gasteiger partial charge in [-0.25, -0.2) is 0 Å². The summed E-state index contributed by atoms with van der Waals surface area (Å²) in [5.41, 5.74) is 2.79. The molecule has 0 unspecified atom stereocenters. The first-order valence-corrected chi connectivity index (χ1v) is 5.48. The maximum atomic E-state index is 9.90. The summed E-state index contributed by atoms with van der Waals surface area (Å²) in [6.07, 6.45) is 1.77. The average molecular weight is 221 g/mol. The van der Waals surface area contributed by atoms with Crippen molar-refractivity contribution in [3.8, 4) is 16.9 Å². The highest BCUT2D eigenvalue weighted by Crippen LogP contribution is 2.33. The lowest BCUT2D eigenvalue weighted by Gasteiger charge is -2.07. The zero-order chi connectivity index (χ0) is 11.7. The lowest BCUT2D eigenvalue weighted by Crippen LogP contribution is -1.83. The molecule has 82 valence electrons. The molecule has 0 aliphatic rings. The SMILES string of the molecule is Oc1ccccc1-c1cccc2ncccc12. The molecule has 2 nitrogen and oxygen atoms in total. The van der Waals surface area contributed by atoms with Gasteiger partial charge in [0, 0.05) is 17.1 Å². The predicted molar refractivity (Wildman–Crippen MR) is 68.8 cm³/mol. The van der Waals surface area contributed by atoms with Crippen molar-refractivity contribution in [1.29, 1.82) is 0 Å². The van der Waals surface area contributed by atoms with Crippen LogP contribution in [0.15, 0.2) is 60.8 Å². The average Bonchev–Trinajstić information content (AvgIpc) is 2.39. The standard InChI is InChI=1S/C15H11NO/c17-15-9-2-1-5-13(15)11-6-3-8-14-12(11)7-4-10-16-14/h1-10,17H. The minimum absolute atomic E-state index is 0.295. The Hall–Kier alpha value is -2.35. The van der Waals surface area contributed by atoms with Crippen LogP contribution in [0.2, 0.25) is 0 Å². The third-order valence-electron chi connectivity index (χ3n) is 2.84. The van der Waals surface area contributed by atoms with E-state index in [1.807, 2.05) is 48.5 Å². The molecule has 2 heteroatoms. The van der Waals surface area contributed by atoms with Gasteiger partial charge < -0.3 is 5.11 Å². The van der Waals surface area contributed by atoms with Gasteiger partial charge in [0.15, 0.2) is 0 Å². The first-order valence-electron chi connectivity index (χ1n) is 5.48. The van der Waals surface area contributed by atoms with E-state index >= 15 is 0 Å². The van der Waals surface area contributed by atoms with E-state index in [0.29, 0.717) is 5.75 Å². The van der Waals surface area contributed by atoms with Crippen molar-refractivity contribution in [1.82, 2.24) is 4.98 Å². The summed E-state index contributed by atoms with van der Waals surface area (Å²) >= 11 is 0. The van der Waals surface area contributed by atoms with Gasteiger partial charge in [0.2, 0.25) is 0 Å². The summed E-state index contributed by atoms with van der Waals surface area (Å²) in [5.74, 6) is 0.295. The Labute approximate surface area is 99.2 Å². The van der Waals surface area contributed by atoms with Crippen molar-refractivity contribution in [3.63, 3.8) is 0 Å². The lowest BCUT2D eigenvalue weighted by atomic mass is 10.00. The quantitative estimate of drug-likeness (QED) is 0.681. The largest absolute Gasteiger partial charge is 0.507 e. The molecule has 0 spiro atoms. The topological polar surface area (TPSA) is 33.1 Å². The number of phenols is 1. The molecule has 0 radical (unpaired) electrons. The number of aromatic hydroxyl groups is 1. The number of aromatic nitrogens is 1. The van der Waals surface area contributed by atoms with Crippen LogP contribution < -0.4 is 0 Å². The van der Waals surface area contributed by atoms with Gasteiger partial charge in [-0.1, -0.05) is 36.4 Å². The molecular weight excluding hydrogens is 210 g/mol. The zero-order valence-corrected chi connectivity index (χ0v) is 9.17. The molecule has 0 saturated carbocycles. The van der Waals surface area contributed by atoms with Gasteiger partial charge in [-0.2, -0.15) is 0 Å². The highest BCUT2D eigenvalue weighted by Gasteiger charge is 2.06. The Balaban J connectivity index is 2.35. The molecule has 0 bridgehead atoms. The maximum Gasteiger partial charge on any atom is 0.123 e. The first kappa shape index (κ1) is 9.85. The summed E-state index contributed by atoms with van der Waals surface area (Å²) in [6.45, 7) is 0.